The van der Waals surface area contributed by atoms with Crippen molar-refractivity contribution in [1.82, 2.24) is 0 Å². The fourth-order valence-corrected chi connectivity index (χ4v) is 8.96. The summed E-state index contributed by atoms with van der Waals surface area (Å²) in [4.78, 5) is 83.5. The molecule has 428 valence electrons. The Bertz CT molecular complexity index is 1610. The van der Waals surface area contributed by atoms with Gasteiger partial charge in [0, 0.05) is 25.6 Å². The van der Waals surface area contributed by atoms with Crippen molar-refractivity contribution in [3.63, 3.8) is 0 Å². The van der Waals surface area contributed by atoms with Crippen LogP contribution >= 0.6 is 0 Å². The predicted octanol–water partition coefficient (Wildman–Crippen LogP) is 12.3. The average Bonchev–Trinajstić information content (AvgIpc) is 4.13. The summed E-state index contributed by atoms with van der Waals surface area (Å²) in [7, 11) is 1.49. The van der Waals surface area contributed by atoms with Gasteiger partial charge in [-0.3, -0.25) is 24.0 Å². The van der Waals surface area contributed by atoms with Crippen LogP contribution in [-0.2, 0) is 76.2 Å². The minimum atomic E-state index is -0.756. The van der Waals surface area contributed by atoms with Crippen LogP contribution < -0.4 is 0 Å². The number of hydrogen-bond acceptors (Lipinski definition) is 16. The third-order valence-corrected chi connectivity index (χ3v) is 14.4. The number of hydrogen-bond donors (Lipinski definition) is 0. The summed E-state index contributed by atoms with van der Waals surface area (Å²) in [6.07, 6.45) is 10.9. The third-order valence-electron chi connectivity index (χ3n) is 14.4. The molecule has 16 nitrogen and oxygen atoms in total. The van der Waals surface area contributed by atoms with Crippen molar-refractivity contribution in [3.05, 3.63) is 0 Å². The molecule has 0 spiro atoms. The molecule has 72 heavy (non-hydrogen) atoms. The van der Waals surface area contributed by atoms with Gasteiger partial charge in [0.05, 0.1) is 28.1 Å². The third kappa shape index (κ3) is 22.4. The van der Waals surface area contributed by atoms with Gasteiger partial charge in [0.25, 0.3) is 0 Å². The van der Waals surface area contributed by atoms with E-state index in [-0.39, 0.29) is 125 Å². The minimum Gasteiger partial charge on any atom is -0.462 e. The van der Waals surface area contributed by atoms with E-state index in [9.17, 15) is 33.6 Å². The molecule has 0 aromatic carbocycles. The van der Waals surface area contributed by atoms with Gasteiger partial charge in [-0.1, -0.05) is 72.8 Å². The van der Waals surface area contributed by atoms with Gasteiger partial charge < -0.3 is 42.6 Å². The van der Waals surface area contributed by atoms with Crippen molar-refractivity contribution in [2.24, 2.45) is 51.8 Å². The Labute approximate surface area is 438 Å². The molecule has 0 aromatic heterocycles. The zero-order valence-electron chi connectivity index (χ0n) is 41.4. The van der Waals surface area contributed by atoms with Crippen molar-refractivity contribution in [3.8, 4) is 0 Å². The van der Waals surface area contributed by atoms with Crippen molar-refractivity contribution >= 4 is 41.8 Å². The number of ether oxygens (including phenoxy) is 9. The molecular formula is C56H108O16. The summed E-state index contributed by atoms with van der Waals surface area (Å²) in [6, 6.07) is 0. The normalized spacial score (nSPS) is 23.6. The lowest BCUT2D eigenvalue weighted by molar-refractivity contribution is -0.173. The number of esters is 7. The molecule has 5 aliphatic carbocycles. The first-order chi connectivity index (χ1) is 30.5. The SMILES string of the molecule is C.C.C.C.C.C.C.CCC(C)(C)C(=O)OC1CC2CC(C(=O)OCOC)C1C2.CCC(C)(C)C(=O)OCC(=O)OCC(=O)OC1(C)CCCC1.CCOCOC(=O)C1CC2CC(OC(=O)C(C)(C)CC)C1C2. The topological polar surface area (TPSA) is 203 Å². The quantitative estimate of drug-likeness (QED) is 0.0481. The summed E-state index contributed by atoms with van der Waals surface area (Å²) in [5.41, 5.74) is -2.02. The predicted molar refractivity (Wildman–Crippen MR) is 283 cm³/mol. The molecule has 0 aromatic rings. The molecule has 0 radical (unpaired) electrons. The Morgan fingerprint density at radius 2 is 0.889 bits per heavy atom. The highest BCUT2D eigenvalue weighted by atomic mass is 16.7. The number of methoxy groups -OCH3 is 1. The fraction of sp³-hybridized carbons (Fsp3) is 0.875. The zero-order chi connectivity index (χ0) is 48.8. The number of carbonyl (C=O) groups is 7. The highest BCUT2D eigenvalue weighted by molar-refractivity contribution is 5.81. The number of fused-ring (bicyclic) bond motifs is 4. The average molecular weight is 1040 g/mol. The molecule has 5 aliphatic rings. The smallest absolute Gasteiger partial charge is 0.344 e. The Kier molecular flexibility index (Phi) is 37.1. The van der Waals surface area contributed by atoms with Gasteiger partial charge in [-0.15, -0.1) is 0 Å². The maximum Gasteiger partial charge on any atom is 0.344 e. The standard InChI is InChI=1S/C17H28O5.C16H26O6.C16H26O5.7CH4/c1-5-17(3,4)16(19)22-14-9-11-7-12(14)13(8-11)15(18)21-10-20-6-2;1-5-15(2,3)14(19)21-10-12(17)20-11-13(18)22-16(4)8-6-7-9-16;1-5-16(2,3)15(18)21-13-8-10-6-11(13)12(7-10)14(17)20-9-19-4;;;;;;;/h11-14H,5-10H2,1-4H3;5-11H2,1-4H3;10-13H,5-9H2,1-4H3;7*1H4. The van der Waals surface area contributed by atoms with Crippen molar-refractivity contribution in [2.75, 3.05) is 40.5 Å². The monoisotopic (exact) mass is 1040 g/mol. The van der Waals surface area contributed by atoms with Crippen LogP contribution in [0.2, 0.25) is 0 Å². The van der Waals surface area contributed by atoms with Gasteiger partial charge in [-0.05, 0) is 151 Å². The van der Waals surface area contributed by atoms with Crippen LogP contribution in [0.5, 0.6) is 0 Å². The van der Waals surface area contributed by atoms with E-state index in [0.29, 0.717) is 24.9 Å². The molecule has 0 N–H and O–H groups in total. The van der Waals surface area contributed by atoms with E-state index in [2.05, 4.69) is 0 Å². The summed E-state index contributed by atoms with van der Waals surface area (Å²) in [5, 5.41) is 0. The molecule has 4 bridgehead atoms. The molecule has 5 fully saturated rings. The Morgan fingerprint density at radius 1 is 0.500 bits per heavy atom. The molecule has 8 unspecified atom stereocenters. The summed E-state index contributed by atoms with van der Waals surface area (Å²) in [5.74, 6) is -1.69. The van der Waals surface area contributed by atoms with Gasteiger partial charge >= 0.3 is 41.8 Å². The van der Waals surface area contributed by atoms with Crippen molar-refractivity contribution < 1.29 is 76.2 Å². The van der Waals surface area contributed by atoms with Crippen molar-refractivity contribution in [1.29, 1.82) is 0 Å². The molecule has 5 rings (SSSR count). The lowest BCUT2D eigenvalue weighted by Crippen LogP contribution is -2.37. The maximum absolute atomic E-state index is 12.3. The Balaban J connectivity index is -0.000000297. The molecule has 8 atom stereocenters. The van der Waals surface area contributed by atoms with Gasteiger partial charge in [-0.2, -0.15) is 0 Å². The van der Waals surface area contributed by atoms with Crippen LogP contribution in [0.3, 0.4) is 0 Å². The molecule has 0 heterocycles. The second-order valence-electron chi connectivity index (χ2n) is 20.6. The Morgan fingerprint density at radius 3 is 1.26 bits per heavy atom. The summed E-state index contributed by atoms with van der Waals surface area (Å²) < 4.78 is 46.5. The first kappa shape index (κ1) is 77.1. The van der Waals surface area contributed by atoms with E-state index in [1.807, 2.05) is 62.3 Å². The lowest BCUT2D eigenvalue weighted by Gasteiger charge is -2.31. The fourth-order valence-electron chi connectivity index (χ4n) is 8.96. The van der Waals surface area contributed by atoms with Crippen LogP contribution in [0.15, 0.2) is 0 Å². The van der Waals surface area contributed by atoms with E-state index < -0.39 is 53.0 Å². The van der Waals surface area contributed by atoms with Gasteiger partial charge in [-0.25, -0.2) is 9.59 Å². The molecule has 0 saturated heterocycles. The van der Waals surface area contributed by atoms with E-state index in [1.165, 1.54) is 7.11 Å². The van der Waals surface area contributed by atoms with Crippen LogP contribution in [0, 0.1) is 51.8 Å². The summed E-state index contributed by atoms with van der Waals surface area (Å²) in [6.45, 7) is 20.2. The molecule has 0 aliphatic heterocycles. The van der Waals surface area contributed by atoms with E-state index >= 15 is 0 Å². The second-order valence-corrected chi connectivity index (χ2v) is 20.6. The highest BCUT2D eigenvalue weighted by Gasteiger charge is 2.53. The van der Waals surface area contributed by atoms with E-state index in [1.54, 1.807) is 13.8 Å². The lowest BCUT2D eigenvalue weighted by atomic mass is 9.86. The largest absolute Gasteiger partial charge is 0.462 e. The molecular weight excluding hydrogens is 929 g/mol. The Hall–Kier alpha value is -3.79. The van der Waals surface area contributed by atoms with Crippen LogP contribution in [-0.4, -0.2) is 100 Å². The van der Waals surface area contributed by atoms with Crippen LogP contribution in [0.4, 0.5) is 0 Å². The molecule has 5 saturated carbocycles. The second kappa shape index (κ2) is 34.7. The van der Waals surface area contributed by atoms with Crippen LogP contribution in [0.1, 0.15) is 212 Å². The summed E-state index contributed by atoms with van der Waals surface area (Å²) >= 11 is 0. The number of rotatable bonds is 20. The minimum absolute atomic E-state index is 0. The number of carbonyl (C=O) groups excluding carboxylic acids is 7. The van der Waals surface area contributed by atoms with Crippen molar-refractivity contribution in [2.45, 2.75) is 229 Å². The maximum atomic E-state index is 12.3. The first-order valence-corrected chi connectivity index (χ1v) is 23.8. The first-order valence-electron chi connectivity index (χ1n) is 23.8. The van der Waals surface area contributed by atoms with Gasteiger partial charge in [0.15, 0.2) is 26.8 Å². The van der Waals surface area contributed by atoms with E-state index in [0.717, 1.165) is 77.0 Å². The molecule has 16 heteroatoms. The van der Waals surface area contributed by atoms with Gasteiger partial charge in [0.1, 0.15) is 17.8 Å². The molecule has 0 amide bonds. The van der Waals surface area contributed by atoms with E-state index in [4.69, 9.17) is 42.6 Å². The van der Waals surface area contributed by atoms with Gasteiger partial charge in [0.2, 0.25) is 0 Å². The highest BCUT2D eigenvalue weighted by Crippen LogP contribution is 2.52. The zero-order valence-corrected chi connectivity index (χ0v) is 41.4. The van der Waals surface area contributed by atoms with Crippen LogP contribution in [0.25, 0.3) is 0 Å².